The SMILES string of the molecule is O=C(O)c1cccc(-c2ccc(F)cc2OCC(F)(F)F)c1. The van der Waals surface area contributed by atoms with Crippen LogP contribution < -0.4 is 4.74 Å². The highest BCUT2D eigenvalue weighted by atomic mass is 19.4. The molecule has 0 atom stereocenters. The van der Waals surface area contributed by atoms with Gasteiger partial charge in [0, 0.05) is 11.6 Å². The van der Waals surface area contributed by atoms with Crippen LogP contribution in [0.2, 0.25) is 0 Å². The van der Waals surface area contributed by atoms with E-state index in [1.807, 2.05) is 0 Å². The van der Waals surface area contributed by atoms with E-state index in [0.29, 0.717) is 5.56 Å². The Hall–Kier alpha value is -2.57. The van der Waals surface area contributed by atoms with E-state index in [0.717, 1.165) is 12.1 Å². The number of rotatable bonds is 4. The predicted molar refractivity (Wildman–Crippen MR) is 70.3 cm³/mol. The highest BCUT2D eigenvalue weighted by Crippen LogP contribution is 2.32. The molecule has 3 nitrogen and oxygen atoms in total. The molecule has 7 heteroatoms. The minimum Gasteiger partial charge on any atom is -0.483 e. The molecule has 0 spiro atoms. The second-order valence-corrected chi connectivity index (χ2v) is 4.43. The van der Waals surface area contributed by atoms with Crippen molar-refractivity contribution in [2.24, 2.45) is 0 Å². The van der Waals surface area contributed by atoms with E-state index in [1.54, 1.807) is 0 Å². The number of halogens is 4. The zero-order chi connectivity index (χ0) is 16.3. The average Bonchev–Trinajstić information content (AvgIpc) is 2.44. The molecule has 0 fully saturated rings. The van der Waals surface area contributed by atoms with Crippen molar-refractivity contribution in [1.29, 1.82) is 0 Å². The zero-order valence-electron chi connectivity index (χ0n) is 11.0. The van der Waals surface area contributed by atoms with Crippen molar-refractivity contribution in [2.75, 3.05) is 6.61 Å². The molecule has 0 aliphatic rings. The Morgan fingerprint density at radius 3 is 2.50 bits per heavy atom. The predicted octanol–water partition coefficient (Wildman–Crippen LogP) is 4.13. The molecule has 2 aromatic rings. The van der Waals surface area contributed by atoms with Crippen molar-refractivity contribution in [3.8, 4) is 16.9 Å². The Bertz CT molecular complexity index is 695. The van der Waals surface area contributed by atoms with Crippen molar-refractivity contribution in [3.63, 3.8) is 0 Å². The second kappa shape index (κ2) is 6.05. The fraction of sp³-hybridized carbons (Fsp3) is 0.133. The van der Waals surface area contributed by atoms with Gasteiger partial charge in [-0.15, -0.1) is 0 Å². The maximum absolute atomic E-state index is 13.2. The van der Waals surface area contributed by atoms with Crippen molar-refractivity contribution in [1.82, 2.24) is 0 Å². The van der Waals surface area contributed by atoms with Crippen LogP contribution >= 0.6 is 0 Å². The molecule has 0 heterocycles. The van der Waals surface area contributed by atoms with Crippen LogP contribution in [0.25, 0.3) is 11.1 Å². The Morgan fingerprint density at radius 2 is 1.86 bits per heavy atom. The maximum Gasteiger partial charge on any atom is 0.422 e. The van der Waals surface area contributed by atoms with E-state index >= 15 is 0 Å². The first-order chi connectivity index (χ1) is 10.3. The molecule has 0 saturated carbocycles. The average molecular weight is 314 g/mol. The van der Waals surface area contributed by atoms with E-state index in [2.05, 4.69) is 4.74 Å². The zero-order valence-corrected chi connectivity index (χ0v) is 11.0. The smallest absolute Gasteiger partial charge is 0.422 e. The number of alkyl halides is 3. The van der Waals surface area contributed by atoms with Gasteiger partial charge in [-0.3, -0.25) is 0 Å². The molecule has 0 aliphatic heterocycles. The Kier molecular flexibility index (Phi) is 4.35. The van der Waals surface area contributed by atoms with E-state index in [9.17, 15) is 22.4 Å². The van der Waals surface area contributed by atoms with Gasteiger partial charge in [-0.05, 0) is 29.8 Å². The minimum absolute atomic E-state index is 0.0383. The summed E-state index contributed by atoms with van der Waals surface area (Å²) in [6.45, 7) is -1.57. The van der Waals surface area contributed by atoms with Gasteiger partial charge in [-0.2, -0.15) is 13.2 Å². The standard InChI is InChI=1S/C15H10F4O3/c16-11-4-5-12(13(7-11)22-8-15(17,18)19)9-2-1-3-10(6-9)14(20)21/h1-7H,8H2,(H,20,21). The number of benzene rings is 2. The molecule has 22 heavy (non-hydrogen) atoms. The number of ether oxygens (including phenoxy) is 1. The fourth-order valence-corrected chi connectivity index (χ4v) is 1.83. The number of carboxylic acids is 1. The topological polar surface area (TPSA) is 46.5 Å². The van der Waals surface area contributed by atoms with Gasteiger partial charge in [0.1, 0.15) is 11.6 Å². The van der Waals surface area contributed by atoms with Gasteiger partial charge in [0.2, 0.25) is 0 Å². The molecular weight excluding hydrogens is 304 g/mol. The van der Waals surface area contributed by atoms with Gasteiger partial charge in [-0.25, -0.2) is 9.18 Å². The molecule has 0 saturated heterocycles. The van der Waals surface area contributed by atoms with Crippen LogP contribution in [-0.4, -0.2) is 23.9 Å². The Balaban J connectivity index is 2.42. The largest absolute Gasteiger partial charge is 0.483 e. The summed E-state index contributed by atoms with van der Waals surface area (Å²) in [6.07, 6.45) is -4.56. The van der Waals surface area contributed by atoms with Crippen LogP contribution in [0.4, 0.5) is 17.6 Å². The minimum atomic E-state index is -4.56. The fourth-order valence-electron chi connectivity index (χ4n) is 1.83. The van der Waals surface area contributed by atoms with Crippen LogP contribution in [0.15, 0.2) is 42.5 Å². The van der Waals surface area contributed by atoms with Crippen LogP contribution in [0, 0.1) is 5.82 Å². The molecular formula is C15H10F4O3. The van der Waals surface area contributed by atoms with Crippen molar-refractivity contribution < 1.29 is 32.2 Å². The summed E-state index contributed by atoms with van der Waals surface area (Å²) in [5, 5.41) is 8.94. The molecule has 0 unspecified atom stereocenters. The maximum atomic E-state index is 13.2. The first kappa shape index (κ1) is 15.8. The monoisotopic (exact) mass is 314 g/mol. The lowest BCUT2D eigenvalue weighted by Gasteiger charge is -2.13. The molecule has 0 bridgehead atoms. The lowest BCUT2D eigenvalue weighted by Crippen LogP contribution is -2.19. The number of hydrogen-bond acceptors (Lipinski definition) is 2. The third-order valence-electron chi connectivity index (χ3n) is 2.76. The Labute approximate surface area is 122 Å². The number of hydrogen-bond donors (Lipinski definition) is 1. The molecule has 116 valence electrons. The molecule has 0 radical (unpaired) electrons. The van der Waals surface area contributed by atoms with Gasteiger partial charge in [0.15, 0.2) is 6.61 Å². The van der Waals surface area contributed by atoms with Gasteiger partial charge in [0.05, 0.1) is 5.56 Å². The second-order valence-electron chi connectivity index (χ2n) is 4.43. The molecule has 2 rings (SSSR count). The van der Waals surface area contributed by atoms with E-state index in [1.165, 1.54) is 30.3 Å². The van der Waals surface area contributed by atoms with Crippen molar-refractivity contribution >= 4 is 5.97 Å². The molecule has 1 N–H and O–H groups in total. The molecule has 0 aliphatic carbocycles. The van der Waals surface area contributed by atoms with Gasteiger partial charge in [0.25, 0.3) is 0 Å². The molecule has 0 amide bonds. The summed E-state index contributed by atoms with van der Waals surface area (Å²) in [5.41, 5.74) is 0.453. The number of aromatic carboxylic acids is 1. The third kappa shape index (κ3) is 3.97. The van der Waals surface area contributed by atoms with Gasteiger partial charge in [-0.1, -0.05) is 12.1 Å². The first-order valence-electron chi connectivity index (χ1n) is 6.09. The van der Waals surface area contributed by atoms with Crippen molar-refractivity contribution in [3.05, 3.63) is 53.8 Å². The molecule has 2 aromatic carbocycles. The van der Waals surface area contributed by atoms with E-state index in [4.69, 9.17) is 5.11 Å². The Morgan fingerprint density at radius 1 is 1.14 bits per heavy atom. The first-order valence-corrected chi connectivity index (χ1v) is 6.09. The highest BCUT2D eigenvalue weighted by molar-refractivity contribution is 5.89. The van der Waals surface area contributed by atoms with Crippen LogP contribution in [0.5, 0.6) is 5.75 Å². The van der Waals surface area contributed by atoms with E-state index < -0.39 is 24.6 Å². The summed E-state index contributed by atoms with van der Waals surface area (Å²) in [7, 11) is 0. The molecule has 0 aromatic heterocycles. The van der Waals surface area contributed by atoms with Gasteiger partial charge < -0.3 is 9.84 Å². The van der Waals surface area contributed by atoms with Crippen LogP contribution in [0.1, 0.15) is 10.4 Å². The summed E-state index contributed by atoms with van der Waals surface area (Å²) in [4.78, 5) is 10.9. The van der Waals surface area contributed by atoms with Crippen molar-refractivity contribution in [2.45, 2.75) is 6.18 Å². The van der Waals surface area contributed by atoms with Gasteiger partial charge >= 0.3 is 12.1 Å². The summed E-state index contributed by atoms with van der Waals surface area (Å²) in [6, 6.07) is 8.68. The van der Waals surface area contributed by atoms with Crippen LogP contribution in [-0.2, 0) is 0 Å². The third-order valence-corrected chi connectivity index (χ3v) is 2.76. The summed E-state index contributed by atoms with van der Waals surface area (Å²) >= 11 is 0. The normalized spacial score (nSPS) is 11.3. The lowest BCUT2D eigenvalue weighted by atomic mass is 10.0. The highest BCUT2D eigenvalue weighted by Gasteiger charge is 2.29. The van der Waals surface area contributed by atoms with E-state index in [-0.39, 0.29) is 16.9 Å². The lowest BCUT2D eigenvalue weighted by molar-refractivity contribution is -0.153. The summed E-state index contributed by atoms with van der Waals surface area (Å²) in [5.74, 6) is -2.24. The quantitative estimate of drug-likeness (QED) is 0.863. The number of carbonyl (C=O) groups is 1. The summed E-state index contributed by atoms with van der Waals surface area (Å²) < 4.78 is 54.6. The number of carboxylic acid groups (broad SMARTS) is 1. The van der Waals surface area contributed by atoms with Crippen LogP contribution in [0.3, 0.4) is 0 Å².